The number of hydrazine groups is 1. The quantitative estimate of drug-likeness (QED) is 0.548. The molecule has 0 aromatic carbocycles. The van der Waals surface area contributed by atoms with Gasteiger partial charge in [-0.25, -0.2) is 0 Å². The summed E-state index contributed by atoms with van der Waals surface area (Å²) in [6, 6.07) is 0.253. The number of ether oxygens (including phenoxy) is 1. The van der Waals surface area contributed by atoms with E-state index in [1.54, 1.807) is 0 Å². The van der Waals surface area contributed by atoms with Crippen molar-refractivity contribution in [2.45, 2.75) is 66.0 Å². The van der Waals surface area contributed by atoms with Crippen molar-refractivity contribution in [2.24, 2.45) is 11.3 Å². The first kappa shape index (κ1) is 14.9. The fourth-order valence-corrected chi connectivity index (χ4v) is 1.17. The lowest BCUT2D eigenvalue weighted by molar-refractivity contribution is -0.0164. The minimum Gasteiger partial charge on any atom is -0.374 e. The molecule has 0 aromatic heterocycles. The first-order valence-corrected chi connectivity index (χ1v) is 5.74. The third-order valence-corrected chi connectivity index (χ3v) is 2.20. The maximum absolute atomic E-state index is 5.71. The van der Waals surface area contributed by atoms with Crippen molar-refractivity contribution in [3.05, 3.63) is 0 Å². The average Bonchev–Trinajstić information content (AvgIpc) is 2.00. The summed E-state index contributed by atoms with van der Waals surface area (Å²) < 4.78 is 5.71. The van der Waals surface area contributed by atoms with Crippen LogP contribution in [0.4, 0.5) is 0 Å². The summed E-state index contributed by atoms with van der Waals surface area (Å²) in [6.45, 7) is 13.6. The Labute approximate surface area is 94.7 Å². The first-order chi connectivity index (χ1) is 6.64. The SMILES string of the molecule is CC(C)(C)CCC(COC(C)(C)C)NN. The number of hydrogen-bond donors (Lipinski definition) is 2. The Morgan fingerprint density at radius 2 is 1.67 bits per heavy atom. The topological polar surface area (TPSA) is 47.3 Å². The van der Waals surface area contributed by atoms with Gasteiger partial charge in [0.05, 0.1) is 12.2 Å². The van der Waals surface area contributed by atoms with Crippen LogP contribution in [0, 0.1) is 5.41 Å². The third kappa shape index (κ3) is 10.2. The molecule has 3 nitrogen and oxygen atoms in total. The third-order valence-electron chi connectivity index (χ3n) is 2.20. The van der Waals surface area contributed by atoms with Crippen LogP contribution in [0.3, 0.4) is 0 Å². The molecule has 1 atom stereocenters. The number of rotatable bonds is 5. The maximum atomic E-state index is 5.71. The van der Waals surface area contributed by atoms with Gasteiger partial charge in [0, 0.05) is 6.04 Å². The van der Waals surface area contributed by atoms with Crippen LogP contribution in [0.2, 0.25) is 0 Å². The molecule has 0 saturated carbocycles. The zero-order valence-corrected chi connectivity index (χ0v) is 11.2. The highest BCUT2D eigenvalue weighted by atomic mass is 16.5. The van der Waals surface area contributed by atoms with Crippen LogP contribution in [-0.2, 0) is 4.74 Å². The van der Waals surface area contributed by atoms with Gasteiger partial charge < -0.3 is 4.74 Å². The molecule has 1 unspecified atom stereocenters. The van der Waals surface area contributed by atoms with Gasteiger partial charge in [-0.2, -0.15) is 0 Å². The molecule has 0 radical (unpaired) electrons. The molecular weight excluding hydrogens is 188 g/mol. The van der Waals surface area contributed by atoms with Crippen molar-refractivity contribution in [3.8, 4) is 0 Å². The fourth-order valence-electron chi connectivity index (χ4n) is 1.17. The van der Waals surface area contributed by atoms with Crippen molar-refractivity contribution in [3.63, 3.8) is 0 Å². The van der Waals surface area contributed by atoms with Gasteiger partial charge in [0.25, 0.3) is 0 Å². The van der Waals surface area contributed by atoms with E-state index in [1.807, 2.05) is 0 Å². The second-order valence-electron chi connectivity index (χ2n) is 6.39. The molecule has 0 saturated heterocycles. The summed E-state index contributed by atoms with van der Waals surface area (Å²) in [5.41, 5.74) is 3.09. The summed E-state index contributed by atoms with van der Waals surface area (Å²) in [5.74, 6) is 5.50. The Morgan fingerprint density at radius 1 is 1.13 bits per heavy atom. The standard InChI is InChI=1S/C12H28N2O/c1-11(2,3)8-7-10(14-13)9-15-12(4,5)6/h10,14H,7-9,13H2,1-6H3. The Bertz CT molecular complexity index is 149. The van der Waals surface area contributed by atoms with Gasteiger partial charge in [-0.3, -0.25) is 11.3 Å². The minimum absolute atomic E-state index is 0.0865. The Hall–Kier alpha value is -0.120. The van der Waals surface area contributed by atoms with Crippen molar-refractivity contribution in [1.29, 1.82) is 0 Å². The molecule has 0 amide bonds. The van der Waals surface area contributed by atoms with E-state index in [4.69, 9.17) is 10.6 Å². The summed E-state index contributed by atoms with van der Waals surface area (Å²) in [6.07, 6.45) is 2.20. The molecule has 0 aromatic rings. The molecule has 0 spiro atoms. The van der Waals surface area contributed by atoms with Gasteiger partial charge in [-0.05, 0) is 39.0 Å². The smallest absolute Gasteiger partial charge is 0.0640 e. The Morgan fingerprint density at radius 3 is 2.00 bits per heavy atom. The molecule has 0 bridgehead atoms. The van der Waals surface area contributed by atoms with Crippen LogP contribution in [0.1, 0.15) is 54.4 Å². The van der Waals surface area contributed by atoms with E-state index in [2.05, 4.69) is 47.0 Å². The summed E-state index contributed by atoms with van der Waals surface area (Å²) >= 11 is 0. The van der Waals surface area contributed by atoms with Crippen LogP contribution in [-0.4, -0.2) is 18.2 Å². The molecule has 0 fully saturated rings. The predicted molar refractivity (Wildman–Crippen MR) is 65.5 cm³/mol. The van der Waals surface area contributed by atoms with Crippen LogP contribution in [0.5, 0.6) is 0 Å². The number of hydrogen-bond acceptors (Lipinski definition) is 3. The molecule has 0 heterocycles. The van der Waals surface area contributed by atoms with E-state index in [1.165, 1.54) is 0 Å². The highest BCUT2D eigenvalue weighted by molar-refractivity contribution is 4.71. The van der Waals surface area contributed by atoms with E-state index in [0.717, 1.165) is 12.8 Å². The van der Waals surface area contributed by atoms with E-state index < -0.39 is 0 Å². The van der Waals surface area contributed by atoms with Crippen molar-refractivity contribution in [2.75, 3.05) is 6.61 Å². The largest absolute Gasteiger partial charge is 0.374 e. The van der Waals surface area contributed by atoms with Gasteiger partial charge in [0.1, 0.15) is 0 Å². The van der Waals surface area contributed by atoms with E-state index in [-0.39, 0.29) is 11.6 Å². The molecule has 0 aliphatic rings. The first-order valence-electron chi connectivity index (χ1n) is 5.74. The van der Waals surface area contributed by atoms with Crippen LogP contribution >= 0.6 is 0 Å². The normalized spacial score (nSPS) is 15.4. The Balaban J connectivity index is 3.84. The van der Waals surface area contributed by atoms with Crippen molar-refractivity contribution < 1.29 is 4.74 Å². The lowest BCUT2D eigenvalue weighted by Crippen LogP contribution is -2.41. The van der Waals surface area contributed by atoms with Gasteiger partial charge in [0.15, 0.2) is 0 Å². The van der Waals surface area contributed by atoms with Crippen molar-refractivity contribution in [1.82, 2.24) is 5.43 Å². The zero-order valence-electron chi connectivity index (χ0n) is 11.2. The molecule has 3 heteroatoms. The van der Waals surface area contributed by atoms with Gasteiger partial charge in [0.2, 0.25) is 0 Å². The molecule has 0 aliphatic carbocycles. The molecule has 0 aliphatic heterocycles. The molecule has 3 N–H and O–H groups in total. The van der Waals surface area contributed by atoms with E-state index >= 15 is 0 Å². The lowest BCUT2D eigenvalue weighted by Gasteiger charge is -2.26. The van der Waals surface area contributed by atoms with Crippen LogP contribution in [0.25, 0.3) is 0 Å². The summed E-state index contributed by atoms with van der Waals surface area (Å²) in [7, 11) is 0. The summed E-state index contributed by atoms with van der Waals surface area (Å²) in [4.78, 5) is 0. The molecular formula is C12H28N2O. The lowest BCUT2D eigenvalue weighted by atomic mass is 9.89. The van der Waals surface area contributed by atoms with Gasteiger partial charge >= 0.3 is 0 Å². The van der Waals surface area contributed by atoms with Gasteiger partial charge in [-0.1, -0.05) is 20.8 Å². The average molecular weight is 216 g/mol. The predicted octanol–water partition coefficient (Wildman–Crippen LogP) is 2.46. The zero-order chi connectivity index (χ0) is 12.1. The van der Waals surface area contributed by atoms with Crippen molar-refractivity contribution >= 4 is 0 Å². The summed E-state index contributed by atoms with van der Waals surface area (Å²) in [5, 5.41) is 0. The highest BCUT2D eigenvalue weighted by Gasteiger charge is 2.17. The second kappa shape index (κ2) is 5.83. The maximum Gasteiger partial charge on any atom is 0.0640 e. The number of nitrogens with two attached hydrogens (primary N) is 1. The minimum atomic E-state index is -0.0865. The second-order valence-corrected chi connectivity index (χ2v) is 6.39. The van der Waals surface area contributed by atoms with E-state index in [0.29, 0.717) is 12.0 Å². The van der Waals surface area contributed by atoms with Gasteiger partial charge in [-0.15, -0.1) is 0 Å². The Kier molecular flexibility index (Phi) is 5.78. The number of nitrogens with one attached hydrogen (secondary N) is 1. The molecule has 15 heavy (non-hydrogen) atoms. The molecule has 92 valence electrons. The molecule has 0 rings (SSSR count). The monoisotopic (exact) mass is 216 g/mol. The highest BCUT2D eigenvalue weighted by Crippen LogP contribution is 2.21. The van der Waals surface area contributed by atoms with E-state index in [9.17, 15) is 0 Å². The van der Waals surface area contributed by atoms with Crippen LogP contribution in [0.15, 0.2) is 0 Å². The van der Waals surface area contributed by atoms with Crippen LogP contribution < -0.4 is 11.3 Å². The fraction of sp³-hybridized carbons (Fsp3) is 1.00.